The Labute approximate surface area is 96.0 Å². The Balaban J connectivity index is 2.18. The second kappa shape index (κ2) is 7.17. The van der Waals surface area contributed by atoms with E-state index in [9.17, 15) is 10.2 Å². The van der Waals surface area contributed by atoms with Crippen molar-refractivity contribution in [2.75, 3.05) is 6.61 Å². The molecule has 0 aromatic heterocycles. The zero-order valence-corrected chi connectivity index (χ0v) is 9.25. The molecular formula is C13H18O3. The lowest BCUT2D eigenvalue weighted by molar-refractivity contribution is 0.00844. The average molecular weight is 222 g/mol. The van der Waals surface area contributed by atoms with Crippen molar-refractivity contribution in [2.24, 2.45) is 0 Å². The number of rotatable bonds is 7. The number of aliphatic hydroxyl groups excluding tert-OH is 2. The van der Waals surface area contributed by atoms with Gasteiger partial charge in [0.2, 0.25) is 0 Å². The Kier molecular flexibility index (Phi) is 5.78. The highest BCUT2D eigenvalue weighted by Gasteiger charge is 2.08. The lowest BCUT2D eigenvalue weighted by Crippen LogP contribution is -2.21. The second-order valence-electron chi connectivity index (χ2n) is 3.69. The van der Waals surface area contributed by atoms with Crippen LogP contribution in [0, 0.1) is 0 Å². The maximum absolute atomic E-state index is 9.50. The van der Waals surface area contributed by atoms with Crippen LogP contribution in [0.15, 0.2) is 43.0 Å². The summed E-state index contributed by atoms with van der Waals surface area (Å²) in [6.45, 7) is 4.14. The summed E-state index contributed by atoms with van der Waals surface area (Å²) < 4.78 is 5.33. The molecule has 3 nitrogen and oxygen atoms in total. The quantitative estimate of drug-likeness (QED) is 0.687. The second-order valence-corrected chi connectivity index (χ2v) is 3.69. The molecule has 0 fully saturated rings. The van der Waals surface area contributed by atoms with Gasteiger partial charge >= 0.3 is 0 Å². The first-order valence-electron chi connectivity index (χ1n) is 5.32. The van der Waals surface area contributed by atoms with Crippen molar-refractivity contribution < 1.29 is 14.9 Å². The van der Waals surface area contributed by atoms with E-state index in [1.807, 2.05) is 30.3 Å². The molecule has 0 saturated carbocycles. The van der Waals surface area contributed by atoms with Gasteiger partial charge in [0.15, 0.2) is 0 Å². The van der Waals surface area contributed by atoms with Gasteiger partial charge in [0, 0.05) is 6.42 Å². The van der Waals surface area contributed by atoms with Gasteiger partial charge in [-0.3, -0.25) is 0 Å². The van der Waals surface area contributed by atoms with Crippen LogP contribution in [-0.4, -0.2) is 29.0 Å². The standard InChI is InChI=1S/C13H18O3/c1-2-12(14)8-13(15)10-16-9-11-6-4-3-5-7-11/h2-7,12-15H,1,8-10H2/t12-,13+/m0/s1. The fraction of sp³-hybridized carbons (Fsp3) is 0.385. The van der Waals surface area contributed by atoms with Crippen LogP contribution in [-0.2, 0) is 11.3 Å². The fourth-order valence-electron chi connectivity index (χ4n) is 1.33. The van der Waals surface area contributed by atoms with Crippen molar-refractivity contribution in [3.05, 3.63) is 48.6 Å². The number of hydrogen-bond acceptors (Lipinski definition) is 3. The van der Waals surface area contributed by atoms with Crippen LogP contribution < -0.4 is 0 Å². The van der Waals surface area contributed by atoms with Crippen molar-refractivity contribution in [1.29, 1.82) is 0 Å². The first-order valence-corrected chi connectivity index (χ1v) is 5.32. The molecule has 0 bridgehead atoms. The highest BCUT2D eigenvalue weighted by Crippen LogP contribution is 2.04. The Bertz CT molecular complexity index is 297. The highest BCUT2D eigenvalue weighted by atomic mass is 16.5. The van der Waals surface area contributed by atoms with E-state index in [-0.39, 0.29) is 13.0 Å². The molecule has 2 atom stereocenters. The number of benzene rings is 1. The van der Waals surface area contributed by atoms with E-state index in [4.69, 9.17) is 4.74 Å². The molecule has 0 amide bonds. The monoisotopic (exact) mass is 222 g/mol. The maximum Gasteiger partial charge on any atom is 0.0801 e. The molecule has 0 radical (unpaired) electrons. The van der Waals surface area contributed by atoms with Crippen molar-refractivity contribution >= 4 is 0 Å². The van der Waals surface area contributed by atoms with E-state index in [0.29, 0.717) is 6.61 Å². The molecule has 1 aromatic rings. The zero-order chi connectivity index (χ0) is 11.8. The van der Waals surface area contributed by atoms with Gasteiger partial charge in [0.25, 0.3) is 0 Å². The Morgan fingerprint density at radius 1 is 1.25 bits per heavy atom. The van der Waals surface area contributed by atoms with Crippen LogP contribution in [0.25, 0.3) is 0 Å². The summed E-state index contributed by atoms with van der Waals surface area (Å²) in [5, 5.41) is 18.7. The van der Waals surface area contributed by atoms with E-state index in [1.165, 1.54) is 6.08 Å². The summed E-state index contributed by atoms with van der Waals surface area (Å²) in [7, 11) is 0. The van der Waals surface area contributed by atoms with Gasteiger partial charge in [-0.15, -0.1) is 6.58 Å². The molecule has 0 saturated heterocycles. The van der Waals surface area contributed by atoms with Crippen LogP contribution in [0.3, 0.4) is 0 Å². The molecule has 16 heavy (non-hydrogen) atoms. The first kappa shape index (κ1) is 12.9. The van der Waals surface area contributed by atoms with Gasteiger partial charge in [-0.25, -0.2) is 0 Å². The summed E-state index contributed by atoms with van der Waals surface area (Å²) in [5.74, 6) is 0. The van der Waals surface area contributed by atoms with Crippen molar-refractivity contribution in [3.8, 4) is 0 Å². The highest BCUT2D eigenvalue weighted by molar-refractivity contribution is 5.13. The minimum Gasteiger partial charge on any atom is -0.391 e. The Hall–Kier alpha value is -1.16. The molecule has 88 valence electrons. The first-order chi connectivity index (χ1) is 7.72. The molecule has 0 aliphatic carbocycles. The van der Waals surface area contributed by atoms with Crippen LogP contribution >= 0.6 is 0 Å². The lowest BCUT2D eigenvalue weighted by Gasteiger charge is -2.13. The zero-order valence-electron chi connectivity index (χ0n) is 9.25. The normalized spacial score (nSPS) is 14.4. The molecule has 0 spiro atoms. The number of aliphatic hydroxyl groups is 2. The Morgan fingerprint density at radius 3 is 2.56 bits per heavy atom. The third-order valence-corrected chi connectivity index (χ3v) is 2.21. The van der Waals surface area contributed by atoms with Crippen LogP contribution in [0.2, 0.25) is 0 Å². The fourth-order valence-corrected chi connectivity index (χ4v) is 1.33. The third kappa shape index (κ3) is 5.07. The third-order valence-electron chi connectivity index (χ3n) is 2.21. The molecule has 0 heterocycles. The van der Waals surface area contributed by atoms with Crippen LogP contribution in [0.4, 0.5) is 0 Å². The van der Waals surface area contributed by atoms with Gasteiger partial charge in [0.05, 0.1) is 25.4 Å². The van der Waals surface area contributed by atoms with Crippen molar-refractivity contribution in [1.82, 2.24) is 0 Å². The summed E-state index contributed by atoms with van der Waals surface area (Å²) in [4.78, 5) is 0. The van der Waals surface area contributed by atoms with Gasteiger partial charge in [-0.2, -0.15) is 0 Å². The van der Waals surface area contributed by atoms with Gasteiger partial charge in [-0.05, 0) is 5.56 Å². The SMILES string of the molecule is C=C[C@H](O)C[C@@H](O)COCc1ccccc1. The largest absolute Gasteiger partial charge is 0.391 e. The minimum absolute atomic E-state index is 0.222. The predicted molar refractivity (Wildman–Crippen MR) is 62.9 cm³/mol. The van der Waals surface area contributed by atoms with Crippen molar-refractivity contribution in [3.63, 3.8) is 0 Å². The molecule has 3 heteroatoms. The van der Waals surface area contributed by atoms with E-state index in [0.717, 1.165) is 5.56 Å². The van der Waals surface area contributed by atoms with Gasteiger partial charge in [0.1, 0.15) is 0 Å². The van der Waals surface area contributed by atoms with E-state index < -0.39 is 12.2 Å². The van der Waals surface area contributed by atoms with Gasteiger partial charge < -0.3 is 14.9 Å². The van der Waals surface area contributed by atoms with E-state index in [1.54, 1.807) is 0 Å². The number of ether oxygens (including phenoxy) is 1. The summed E-state index contributed by atoms with van der Waals surface area (Å²) in [5.41, 5.74) is 1.07. The smallest absolute Gasteiger partial charge is 0.0801 e. The predicted octanol–water partition coefficient (Wildman–Crippen LogP) is 1.50. The molecule has 2 N–H and O–H groups in total. The Morgan fingerprint density at radius 2 is 1.94 bits per heavy atom. The molecule has 1 rings (SSSR count). The molecule has 0 unspecified atom stereocenters. The summed E-state index contributed by atoms with van der Waals surface area (Å²) in [6, 6.07) is 9.75. The topological polar surface area (TPSA) is 49.7 Å². The summed E-state index contributed by atoms with van der Waals surface area (Å²) >= 11 is 0. The molecule has 0 aliphatic heterocycles. The van der Waals surface area contributed by atoms with Crippen molar-refractivity contribution in [2.45, 2.75) is 25.2 Å². The summed E-state index contributed by atoms with van der Waals surface area (Å²) in [6.07, 6.45) is 0.339. The van der Waals surface area contributed by atoms with Gasteiger partial charge in [-0.1, -0.05) is 36.4 Å². The molecule has 1 aromatic carbocycles. The molecule has 0 aliphatic rings. The molecular weight excluding hydrogens is 204 g/mol. The lowest BCUT2D eigenvalue weighted by atomic mass is 10.1. The average Bonchev–Trinajstić information content (AvgIpc) is 2.30. The maximum atomic E-state index is 9.50. The van der Waals surface area contributed by atoms with Crippen LogP contribution in [0.5, 0.6) is 0 Å². The van der Waals surface area contributed by atoms with E-state index >= 15 is 0 Å². The number of hydrogen-bond donors (Lipinski definition) is 2. The minimum atomic E-state index is -0.671. The van der Waals surface area contributed by atoms with Crippen LogP contribution in [0.1, 0.15) is 12.0 Å². The van der Waals surface area contributed by atoms with E-state index in [2.05, 4.69) is 6.58 Å².